The Morgan fingerprint density at radius 2 is 2.11 bits per heavy atom. The lowest BCUT2D eigenvalue weighted by Crippen LogP contribution is -2.33. The summed E-state index contributed by atoms with van der Waals surface area (Å²) in [5.74, 6) is 0.712. The van der Waals surface area contributed by atoms with Gasteiger partial charge in [0.05, 0.1) is 0 Å². The van der Waals surface area contributed by atoms with Gasteiger partial charge in [-0.05, 0) is 24.7 Å². The first-order chi connectivity index (χ1) is 8.60. The molecule has 2 aromatic rings. The highest BCUT2D eigenvalue weighted by Gasteiger charge is 2.11. The molecule has 1 aromatic heterocycles. The van der Waals surface area contributed by atoms with Gasteiger partial charge in [0.2, 0.25) is 0 Å². The Hall–Kier alpha value is -1.39. The topological polar surface area (TPSA) is 50.1 Å². The number of hydrogen-bond acceptors (Lipinski definition) is 4. The third-order valence-corrected chi connectivity index (χ3v) is 3.00. The maximum Gasteiger partial charge on any atom is 0.192 e. The highest BCUT2D eigenvalue weighted by molar-refractivity contribution is 5.73. The van der Waals surface area contributed by atoms with E-state index in [1.165, 1.54) is 5.56 Å². The zero-order valence-electron chi connectivity index (χ0n) is 11.4. The van der Waals surface area contributed by atoms with Crippen LogP contribution >= 0.6 is 0 Å². The van der Waals surface area contributed by atoms with Crippen LogP contribution in [0.1, 0.15) is 31.3 Å². The third kappa shape index (κ3) is 2.89. The Kier molecular flexibility index (Phi) is 3.99. The average Bonchev–Trinajstić information content (AvgIpc) is 2.68. The molecule has 1 atom stereocenters. The quantitative estimate of drug-likeness (QED) is 0.852. The number of hydrogen-bond donors (Lipinski definition) is 2. The van der Waals surface area contributed by atoms with Gasteiger partial charge in [-0.2, -0.15) is 0 Å². The van der Waals surface area contributed by atoms with Crippen LogP contribution in [-0.4, -0.2) is 24.6 Å². The molecule has 18 heavy (non-hydrogen) atoms. The first-order valence-electron chi connectivity index (χ1n) is 6.38. The van der Waals surface area contributed by atoms with Gasteiger partial charge in [0, 0.05) is 25.6 Å². The summed E-state index contributed by atoms with van der Waals surface area (Å²) in [6, 6.07) is 6.95. The molecule has 0 aliphatic heterocycles. The van der Waals surface area contributed by atoms with Gasteiger partial charge in [0.25, 0.3) is 0 Å². The van der Waals surface area contributed by atoms with Gasteiger partial charge in [0.15, 0.2) is 11.5 Å². The summed E-state index contributed by atoms with van der Waals surface area (Å²) >= 11 is 0. The minimum Gasteiger partial charge on any atom is -0.441 e. The first kappa shape index (κ1) is 13.1. The monoisotopic (exact) mass is 247 g/mol. The summed E-state index contributed by atoms with van der Waals surface area (Å²) < 4.78 is 5.49. The lowest BCUT2D eigenvalue weighted by molar-refractivity contribution is 0.491. The van der Waals surface area contributed by atoms with Crippen molar-refractivity contribution in [3.8, 4) is 0 Å². The van der Waals surface area contributed by atoms with E-state index in [9.17, 15) is 0 Å². The molecule has 4 heteroatoms. The van der Waals surface area contributed by atoms with Crippen LogP contribution < -0.4 is 10.6 Å². The van der Waals surface area contributed by atoms with Crippen molar-refractivity contribution < 1.29 is 4.42 Å². The molecule has 0 fully saturated rings. The van der Waals surface area contributed by atoms with Crippen molar-refractivity contribution in [1.82, 2.24) is 15.6 Å². The number of oxazole rings is 1. The minimum absolute atomic E-state index is 0.286. The molecule has 0 bridgehead atoms. The first-order valence-corrected chi connectivity index (χ1v) is 6.38. The second-order valence-electron chi connectivity index (χ2n) is 4.86. The summed E-state index contributed by atoms with van der Waals surface area (Å²) in [6.07, 6.45) is 0. The maximum atomic E-state index is 5.49. The van der Waals surface area contributed by atoms with Crippen LogP contribution in [0.3, 0.4) is 0 Å². The zero-order valence-corrected chi connectivity index (χ0v) is 11.4. The molecule has 0 aliphatic carbocycles. The number of aromatic nitrogens is 1. The smallest absolute Gasteiger partial charge is 0.192 e. The van der Waals surface area contributed by atoms with Crippen molar-refractivity contribution in [2.75, 3.05) is 13.6 Å². The Morgan fingerprint density at radius 3 is 2.78 bits per heavy atom. The molecular weight excluding hydrogens is 226 g/mol. The number of benzene rings is 1. The van der Waals surface area contributed by atoms with Gasteiger partial charge in [-0.15, -0.1) is 0 Å². The molecule has 0 saturated carbocycles. The van der Waals surface area contributed by atoms with Gasteiger partial charge in [-0.3, -0.25) is 0 Å². The summed E-state index contributed by atoms with van der Waals surface area (Å²) in [4.78, 5) is 4.37. The molecule has 0 spiro atoms. The van der Waals surface area contributed by atoms with Crippen molar-refractivity contribution in [1.29, 1.82) is 0 Å². The standard InChI is InChI=1S/C14H21N3O/c1-9(2)16-8-13(15-4)11-5-6-14-12(7-11)17-10(3)18-14/h5-7,9,13,15-16H,8H2,1-4H3. The van der Waals surface area contributed by atoms with Crippen molar-refractivity contribution in [3.05, 3.63) is 29.7 Å². The lowest BCUT2D eigenvalue weighted by atomic mass is 10.1. The number of nitrogens with one attached hydrogen (secondary N) is 2. The van der Waals surface area contributed by atoms with Crippen LogP contribution in [-0.2, 0) is 0 Å². The van der Waals surface area contributed by atoms with E-state index in [0.29, 0.717) is 11.9 Å². The average molecular weight is 247 g/mol. The summed E-state index contributed by atoms with van der Waals surface area (Å²) in [5, 5.41) is 6.77. The second-order valence-corrected chi connectivity index (χ2v) is 4.86. The van der Waals surface area contributed by atoms with E-state index in [0.717, 1.165) is 17.6 Å². The number of nitrogens with zero attached hydrogens (tertiary/aromatic N) is 1. The number of rotatable bonds is 5. The fraction of sp³-hybridized carbons (Fsp3) is 0.500. The van der Waals surface area contributed by atoms with Crippen LogP contribution in [0.4, 0.5) is 0 Å². The highest BCUT2D eigenvalue weighted by Crippen LogP contribution is 2.20. The van der Waals surface area contributed by atoms with E-state index in [-0.39, 0.29) is 6.04 Å². The Labute approximate surface area is 108 Å². The van der Waals surface area contributed by atoms with E-state index in [1.807, 2.05) is 20.0 Å². The van der Waals surface area contributed by atoms with Gasteiger partial charge in [-0.25, -0.2) is 4.98 Å². The number of likely N-dealkylation sites (N-methyl/N-ethyl adjacent to an activating group) is 1. The van der Waals surface area contributed by atoms with Crippen LogP contribution in [0.25, 0.3) is 11.1 Å². The van der Waals surface area contributed by atoms with E-state index in [1.54, 1.807) is 0 Å². The fourth-order valence-corrected chi connectivity index (χ4v) is 2.02. The molecule has 0 saturated heterocycles. The molecule has 98 valence electrons. The molecule has 0 amide bonds. The van der Waals surface area contributed by atoms with Gasteiger partial charge < -0.3 is 15.1 Å². The molecule has 0 radical (unpaired) electrons. The molecule has 2 N–H and O–H groups in total. The highest BCUT2D eigenvalue weighted by atomic mass is 16.3. The Bertz CT molecular complexity index is 519. The summed E-state index contributed by atoms with van der Waals surface area (Å²) in [5.41, 5.74) is 3.00. The van der Waals surface area contributed by atoms with Crippen molar-refractivity contribution in [2.45, 2.75) is 32.9 Å². The SMILES string of the molecule is CNC(CNC(C)C)c1ccc2oc(C)nc2c1. The molecular formula is C14H21N3O. The second kappa shape index (κ2) is 5.50. The molecule has 1 heterocycles. The van der Waals surface area contributed by atoms with E-state index in [2.05, 4.69) is 41.6 Å². The predicted octanol–water partition coefficient (Wildman–Crippen LogP) is 2.39. The zero-order chi connectivity index (χ0) is 13.1. The van der Waals surface area contributed by atoms with Gasteiger partial charge in [-0.1, -0.05) is 19.9 Å². The van der Waals surface area contributed by atoms with Gasteiger partial charge >= 0.3 is 0 Å². The predicted molar refractivity (Wildman–Crippen MR) is 73.7 cm³/mol. The number of aryl methyl sites for hydroxylation is 1. The molecule has 4 nitrogen and oxygen atoms in total. The van der Waals surface area contributed by atoms with Crippen LogP contribution in [0.15, 0.2) is 22.6 Å². The van der Waals surface area contributed by atoms with Crippen LogP contribution in [0.5, 0.6) is 0 Å². The lowest BCUT2D eigenvalue weighted by Gasteiger charge is -2.19. The molecule has 2 rings (SSSR count). The van der Waals surface area contributed by atoms with E-state index >= 15 is 0 Å². The minimum atomic E-state index is 0.286. The van der Waals surface area contributed by atoms with Crippen LogP contribution in [0.2, 0.25) is 0 Å². The number of fused-ring (bicyclic) bond motifs is 1. The van der Waals surface area contributed by atoms with Gasteiger partial charge in [0.1, 0.15) is 5.52 Å². The summed E-state index contributed by atoms with van der Waals surface area (Å²) in [6.45, 7) is 7.07. The van der Waals surface area contributed by atoms with E-state index in [4.69, 9.17) is 4.42 Å². The van der Waals surface area contributed by atoms with Crippen LogP contribution in [0, 0.1) is 6.92 Å². The molecule has 1 aromatic carbocycles. The maximum absolute atomic E-state index is 5.49. The van der Waals surface area contributed by atoms with Crippen molar-refractivity contribution in [3.63, 3.8) is 0 Å². The fourth-order valence-electron chi connectivity index (χ4n) is 2.02. The Morgan fingerprint density at radius 1 is 1.33 bits per heavy atom. The largest absolute Gasteiger partial charge is 0.441 e. The normalized spacial score (nSPS) is 13.4. The Balaban J connectivity index is 2.21. The van der Waals surface area contributed by atoms with E-state index < -0.39 is 0 Å². The third-order valence-electron chi connectivity index (χ3n) is 3.00. The molecule has 1 unspecified atom stereocenters. The van der Waals surface area contributed by atoms with Crippen molar-refractivity contribution >= 4 is 11.1 Å². The van der Waals surface area contributed by atoms with Crippen molar-refractivity contribution in [2.24, 2.45) is 0 Å². The molecule has 0 aliphatic rings. The summed E-state index contributed by atoms with van der Waals surface area (Å²) in [7, 11) is 1.98.